The minimum absolute atomic E-state index is 0. The van der Waals surface area contributed by atoms with Crippen molar-refractivity contribution in [1.29, 1.82) is 0 Å². The number of phenolic OH excluding ortho intramolecular Hbond substituents is 1. The zero-order valence-corrected chi connectivity index (χ0v) is 14.6. The fraction of sp³-hybridized carbons (Fsp3) is 0.222. The van der Waals surface area contributed by atoms with Crippen LogP contribution in [0.25, 0.3) is 11.1 Å². The number of ether oxygens (including phenoxy) is 1. The third kappa shape index (κ3) is 5.48. The molecule has 0 aliphatic heterocycles. The molecule has 25 heavy (non-hydrogen) atoms. The first-order chi connectivity index (χ1) is 11.5. The van der Waals surface area contributed by atoms with Crippen LogP contribution < -0.4 is 11.1 Å². The van der Waals surface area contributed by atoms with Crippen LogP contribution in [0.5, 0.6) is 5.75 Å². The van der Waals surface area contributed by atoms with Gasteiger partial charge in [0.05, 0.1) is 26.1 Å². The van der Waals surface area contributed by atoms with E-state index in [9.17, 15) is 14.7 Å². The molecule has 0 fully saturated rings. The average Bonchev–Trinajstić information content (AvgIpc) is 2.61. The van der Waals surface area contributed by atoms with E-state index in [1.807, 2.05) is 30.3 Å². The second-order valence-corrected chi connectivity index (χ2v) is 5.25. The average molecular weight is 365 g/mol. The van der Waals surface area contributed by atoms with Crippen molar-refractivity contribution in [3.8, 4) is 16.9 Å². The molecule has 2 aromatic carbocycles. The Morgan fingerprint density at radius 3 is 2.44 bits per heavy atom. The van der Waals surface area contributed by atoms with Gasteiger partial charge in [0.2, 0.25) is 5.91 Å². The molecule has 0 bridgehead atoms. The molecule has 6 nitrogen and oxygen atoms in total. The van der Waals surface area contributed by atoms with Crippen molar-refractivity contribution in [1.82, 2.24) is 5.32 Å². The lowest BCUT2D eigenvalue weighted by Gasteiger charge is -2.19. The number of halogens is 1. The molecule has 0 spiro atoms. The monoisotopic (exact) mass is 364 g/mol. The van der Waals surface area contributed by atoms with Gasteiger partial charge in [0.1, 0.15) is 5.75 Å². The van der Waals surface area contributed by atoms with Gasteiger partial charge in [0.15, 0.2) is 0 Å². The molecule has 7 heteroatoms. The number of carbonyl (C=O) groups is 2. The van der Waals surface area contributed by atoms with Crippen molar-refractivity contribution < 1.29 is 19.4 Å². The summed E-state index contributed by atoms with van der Waals surface area (Å²) >= 11 is 0. The van der Waals surface area contributed by atoms with Crippen molar-refractivity contribution >= 4 is 24.3 Å². The van der Waals surface area contributed by atoms with Gasteiger partial charge in [-0.3, -0.25) is 9.59 Å². The molecular weight excluding hydrogens is 344 g/mol. The zero-order valence-electron chi connectivity index (χ0n) is 13.8. The number of carbonyl (C=O) groups excluding carboxylic acids is 2. The number of esters is 1. The van der Waals surface area contributed by atoms with Gasteiger partial charge in [-0.05, 0) is 17.2 Å². The van der Waals surface area contributed by atoms with E-state index < -0.39 is 17.9 Å². The molecule has 0 heterocycles. The Hall–Kier alpha value is -2.57. The summed E-state index contributed by atoms with van der Waals surface area (Å²) in [6, 6.07) is 13.8. The second-order valence-electron chi connectivity index (χ2n) is 5.25. The third-order valence-corrected chi connectivity index (χ3v) is 3.63. The van der Waals surface area contributed by atoms with E-state index in [2.05, 4.69) is 10.1 Å². The summed E-state index contributed by atoms with van der Waals surface area (Å²) in [5.74, 6) is -0.796. The van der Waals surface area contributed by atoms with Gasteiger partial charge in [-0.1, -0.05) is 42.5 Å². The molecule has 2 rings (SSSR count). The van der Waals surface area contributed by atoms with E-state index in [1.54, 1.807) is 12.1 Å². The normalized spacial score (nSPS) is 11.1. The molecule has 1 amide bonds. The highest BCUT2D eigenvalue weighted by atomic mass is 35.5. The lowest BCUT2D eigenvalue weighted by Crippen LogP contribution is -2.35. The SMILES string of the molecule is COC(=O)CC(NC(=O)CN)c1ccc(-c2ccccc2)c(O)c1.Cl. The first kappa shape index (κ1) is 20.5. The van der Waals surface area contributed by atoms with Gasteiger partial charge in [-0.15, -0.1) is 12.4 Å². The van der Waals surface area contributed by atoms with Crippen LogP contribution in [-0.4, -0.2) is 30.6 Å². The first-order valence-corrected chi connectivity index (χ1v) is 7.49. The van der Waals surface area contributed by atoms with E-state index >= 15 is 0 Å². The van der Waals surface area contributed by atoms with Crippen LogP contribution in [0.2, 0.25) is 0 Å². The van der Waals surface area contributed by atoms with E-state index in [0.29, 0.717) is 11.1 Å². The van der Waals surface area contributed by atoms with Crippen molar-refractivity contribution in [2.45, 2.75) is 12.5 Å². The third-order valence-electron chi connectivity index (χ3n) is 3.63. The molecule has 0 radical (unpaired) electrons. The molecule has 0 saturated carbocycles. The van der Waals surface area contributed by atoms with Crippen LogP contribution in [0.4, 0.5) is 0 Å². The topological polar surface area (TPSA) is 102 Å². The molecule has 0 saturated heterocycles. The number of rotatable bonds is 6. The first-order valence-electron chi connectivity index (χ1n) is 7.49. The number of methoxy groups -OCH3 is 1. The number of amides is 1. The minimum Gasteiger partial charge on any atom is -0.507 e. The van der Waals surface area contributed by atoms with E-state index in [4.69, 9.17) is 5.73 Å². The van der Waals surface area contributed by atoms with Crippen LogP contribution in [0.15, 0.2) is 48.5 Å². The summed E-state index contributed by atoms with van der Waals surface area (Å²) < 4.78 is 4.66. The van der Waals surface area contributed by atoms with Crippen LogP contribution >= 0.6 is 12.4 Å². The summed E-state index contributed by atoms with van der Waals surface area (Å²) in [5, 5.41) is 13.0. The summed E-state index contributed by atoms with van der Waals surface area (Å²) in [7, 11) is 1.28. The summed E-state index contributed by atoms with van der Waals surface area (Å²) in [6.45, 7) is -0.189. The van der Waals surface area contributed by atoms with Gasteiger partial charge >= 0.3 is 5.97 Å². The highest BCUT2D eigenvalue weighted by Gasteiger charge is 2.19. The highest BCUT2D eigenvalue weighted by molar-refractivity contribution is 5.85. The number of nitrogens with two attached hydrogens (primary N) is 1. The fourth-order valence-electron chi connectivity index (χ4n) is 2.38. The number of hydrogen-bond acceptors (Lipinski definition) is 5. The molecule has 4 N–H and O–H groups in total. The maximum Gasteiger partial charge on any atom is 0.307 e. The van der Waals surface area contributed by atoms with E-state index in [1.165, 1.54) is 13.2 Å². The number of phenols is 1. The Kier molecular flexibility index (Phi) is 7.91. The van der Waals surface area contributed by atoms with Crippen molar-refractivity contribution in [3.63, 3.8) is 0 Å². The Bertz CT molecular complexity index is 704. The Morgan fingerprint density at radius 1 is 1.20 bits per heavy atom. The maximum atomic E-state index is 11.6. The standard InChI is InChI=1S/C18H20N2O4.ClH/c1-24-18(23)10-15(20-17(22)11-19)13-7-8-14(16(21)9-13)12-5-3-2-4-6-12;/h2-9,15,21H,10-11,19H2,1H3,(H,20,22);1H. The molecule has 134 valence electrons. The lowest BCUT2D eigenvalue weighted by molar-refractivity contribution is -0.141. The lowest BCUT2D eigenvalue weighted by atomic mass is 9.98. The van der Waals surface area contributed by atoms with Gasteiger partial charge in [0.25, 0.3) is 0 Å². The summed E-state index contributed by atoms with van der Waals surface area (Å²) in [5.41, 5.74) is 7.45. The van der Waals surface area contributed by atoms with Crippen molar-refractivity contribution in [3.05, 3.63) is 54.1 Å². The van der Waals surface area contributed by atoms with Gasteiger partial charge in [-0.2, -0.15) is 0 Å². The second kappa shape index (κ2) is 9.66. The van der Waals surface area contributed by atoms with E-state index in [0.717, 1.165) is 5.56 Å². The molecular formula is C18H21ClN2O4. The van der Waals surface area contributed by atoms with Crippen molar-refractivity contribution in [2.24, 2.45) is 5.73 Å². The van der Waals surface area contributed by atoms with Crippen LogP contribution in [0, 0.1) is 0 Å². The molecule has 0 aliphatic rings. The largest absolute Gasteiger partial charge is 0.507 e. The quantitative estimate of drug-likeness (QED) is 0.682. The van der Waals surface area contributed by atoms with Crippen LogP contribution in [-0.2, 0) is 14.3 Å². The van der Waals surface area contributed by atoms with Crippen molar-refractivity contribution in [2.75, 3.05) is 13.7 Å². The summed E-state index contributed by atoms with van der Waals surface area (Å²) in [6.07, 6.45) is -0.0492. The molecule has 0 aliphatic carbocycles. The number of hydrogen-bond donors (Lipinski definition) is 3. The van der Waals surface area contributed by atoms with Crippen LogP contribution in [0.1, 0.15) is 18.0 Å². The minimum atomic E-state index is -0.621. The molecule has 1 unspecified atom stereocenters. The number of aromatic hydroxyl groups is 1. The fourth-order valence-corrected chi connectivity index (χ4v) is 2.38. The maximum absolute atomic E-state index is 11.6. The zero-order chi connectivity index (χ0) is 17.5. The highest BCUT2D eigenvalue weighted by Crippen LogP contribution is 2.32. The molecule has 2 aromatic rings. The molecule has 1 atom stereocenters. The van der Waals surface area contributed by atoms with Gasteiger partial charge in [0, 0.05) is 5.56 Å². The predicted molar refractivity (Wildman–Crippen MR) is 97.4 cm³/mol. The molecule has 0 aromatic heterocycles. The number of nitrogens with one attached hydrogen (secondary N) is 1. The Morgan fingerprint density at radius 2 is 1.88 bits per heavy atom. The van der Waals surface area contributed by atoms with Gasteiger partial charge < -0.3 is 20.9 Å². The summed E-state index contributed by atoms with van der Waals surface area (Å²) in [4.78, 5) is 23.2. The Balaban J connectivity index is 0.00000312. The smallest absolute Gasteiger partial charge is 0.307 e. The Labute approximate surface area is 152 Å². The van der Waals surface area contributed by atoms with Gasteiger partial charge in [-0.25, -0.2) is 0 Å². The van der Waals surface area contributed by atoms with E-state index in [-0.39, 0.29) is 31.1 Å². The predicted octanol–water partition coefficient (Wildman–Crippen LogP) is 2.16. The number of benzene rings is 2. The van der Waals surface area contributed by atoms with Crippen LogP contribution in [0.3, 0.4) is 0 Å².